The average molecular weight is 178 g/mol. The van der Waals surface area contributed by atoms with E-state index in [0.29, 0.717) is 0 Å². The van der Waals surface area contributed by atoms with Crippen LogP contribution in [-0.4, -0.2) is 20.9 Å². The normalized spacial score (nSPS) is 10.2. The minimum Gasteiger partial charge on any atom is -0.449 e. The lowest BCUT2D eigenvalue weighted by atomic mass is 10.4. The topological polar surface area (TPSA) is 63.8 Å². The summed E-state index contributed by atoms with van der Waals surface area (Å²) in [7, 11) is 0. The van der Waals surface area contributed by atoms with E-state index < -0.39 is 6.16 Å². The van der Waals surface area contributed by atoms with Crippen LogP contribution in [0.5, 0.6) is 5.88 Å². The van der Waals surface area contributed by atoms with Gasteiger partial charge in [-0.1, -0.05) is 6.07 Å². The first-order valence-corrected chi connectivity index (χ1v) is 3.61. The molecule has 5 heteroatoms. The lowest BCUT2D eigenvalue weighted by Gasteiger charge is -1.89. The molecular weight excluding hydrogens is 172 g/mol. The first-order valence-electron chi connectivity index (χ1n) is 3.61. The zero-order valence-electron chi connectivity index (χ0n) is 6.54. The fourth-order valence-corrected chi connectivity index (χ4v) is 1.05. The van der Waals surface area contributed by atoms with Crippen LogP contribution in [0.3, 0.4) is 0 Å². The molecule has 0 unspecified atom stereocenters. The summed E-state index contributed by atoms with van der Waals surface area (Å²) in [5, 5.41) is 12.2. The van der Waals surface area contributed by atoms with Gasteiger partial charge in [0.1, 0.15) is 0 Å². The monoisotopic (exact) mass is 178 g/mol. The van der Waals surface area contributed by atoms with E-state index in [4.69, 9.17) is 5.11 Å². The Hall–Kier alpha value is -2.04. The van der Waals surface area contributed by atoms with Crippen molar-refractivity contribution in [2.75, 3.05) is 0 Å². The van der Waals surface area contributed by atoms with Gasteiger partial charge in [0.25, 0.3) is 0 Å². The summed E-state index contributed by atoms with van der Waals surface area (Å²) >= 11 is 0. The average Bonchev–Trinajstić information content (AvgIpc) is 2.44. The Labute approximate surface area is 73.2 Å². The second kappa shape index (κ2) is 2.78. The van der Waals surface area contributed by atoms with Crippen molar-refractivity contribution in [3.05, 3.63) is 30.5 Å². The van der Waals surface area contributed by atoms with Gasteiger partial charge in [0, 0.05) is 12.3 Å². The molecule has 66 valence electrons. The summed E-state index contributed by atoms with van der Waals surface area (Å²) in [4.78, 5) is 10.2. The number of carboxylic acid groups (broad SMARTS) is 1. The van der Waals surface area contributed by atoms with Crippen molar-refractivity contribution < 1.29 is 14.6 Å². The van der Waals surface area contributed by atoms with Crippen LogP contribution >= 0.6 is 0 Å². The van der Waals surface area contributed by atoms with Gasteiger partial charge < -0.3 is 9.84 Å². The number of hydrogen-bond acceptors (Lipinski definition) is 3. The van der Waals surface area contributed by atoms with E-state index in [1.807, 2.05) is 12.1 Å². The number of pyridine rings is 1. The fraction of sp³-hybridized carbons (Fsp3) is 0. The van der Waals surface area contributed by atoms with Crippen molar-refractivity contribution >= 4 is 11.7 Å². The number of aromatic nitrogens is 2. The summed E-state index contributed by atoms with van der Waals surface area (Å²) in [5.74, 6) is 0.0821. The van der Waals surface area contributed by atoms with E-state index in [1.54, 1.807) is 18.3 Å². The molecule has 0 atom stereocenters. The minimum absolute atomic E-state index is 0.0821. The minimum atomic E-state index is -1.36. The summed E-state index contributed by atoms with van der Waals surface area (Å²) < 4.78 is 5.92. The van der Waals surface area contributed by atoms with E-state index in [1.165, 1.54) is 4.52 Å². The molecular formula is C8H6N2O3. The van der Waals surface area contributed by atoms with E-state index >= 15 is 0 Å². The summed E-state index contributed by atoms with van der Waals surface area (Å²) in [6, 6.07) is 6.99. The molecule has 0 aliphatic carbocycles. The SMILES string of the molecule is O=C(O)Oc1cc2ccccn2n1. The third kappa shape index (κ3) is 1.44. The second-order valence-electron chi connectivity index (χ2n) is 2.42. The van der Waals surface area contributed by atoms with E-state index in [2.05, 4.69) is 9.84 Å². The van der Waals surface area contributed by atoms with Gasteiger partial charge in [0.2, 0.25) is 5.88 Å². The zero-order chi connectivity index (χ0) is 9.26. The highest BCUT2D eigenvalue weighted by Crippen LogP contribution is 2.12. The third-order valence-electron chi connectivity index (χ3n) is 1.54. The Bertz CT molecular complexity index is 416. The Morgan fingerprint density at radius 2 is 2.38 bits per heavy atom. The maximum absolute atomic E-state index is 10.2. The first kappa shape index (κ1) is 7.60. The largest absolute Gasteiger partial charge is 0.512 e. The number of ether oxygens (including phenoxy) is 1. The van der Waals surface area contributed by atoms with Crippen LogP contribution in [0.1, 0.15) is 0 Å². The van der Waals surface area contributed by atoms with Crippen LogP contribution in [0.15, 0.2) is 30.5 Å². The van der Waals surface area contributed by atoms with Gasteiger partial charge in [0.05, 0.1) is 5.52 Å². The van der Waals surface area contributed by atoms with Gasteiger partial charge in [-0.05, 0) is 12.1 Å². The summed E-state index contributed by atoms with van der Waals surface area (Å²) in [5.41, 5.74) is 0.791. The lowest BCUT2D eigenvalue weighted by Crippen LogP contribution is -2.03. The highest BCUT2D eigenvalue weighted by molar-refractivity contribution is 5.61. The third-order valence-corrected chi connectivity index (χ3v) is 1.54. The molecule has 0 amide bonds. The smallest absolute Gasteiger partial charge is 0.449 e. The zero-order valence-corrected chi connectivity index (χ0v) is 6.54. The van der Waals surface area contributed by atoms with Crippen LogP contribution in [0, 0.1) is 0 Å². The van der Waals surface area contributed by atoms with Crippen LogP contribution in [0.2, 0.25) is 0 Å². The van der Waals surface area contributed by atoms with E-state index in [-0.39, 0.29) is 5.88 Å². The highest BCUT2D eigenvalue weighted by Gasteiger charge is 2.05. The molecule has 2 heterocycles. The number of hydrogen-bond donors (Lipinski definition) is 1. The molecule has 2 rings (SSSR count). The first-order chi connectivity index (χ1) is 6.25. The number of rotatable bonds is 1. The second-order valence-corrected chi connectivity index (χ2v) is 2.42. The summed E-state index contributed by atoms with van der Waals surface area (Å²) in [6.45, 7) is 0. The molecule has 0 saturated heterocycles. The molecule has 0 radical (unpaired) electrons. The molecule has 0 aromatic carbocycles. The molecule has 2 aromatic rings. The van der Waals surface area contributed by atoms with Crippen molar-refractivity contribution in [1.29, 1.82) is 0 Å². The van der Waals surface area contributed by atoms with E-state index in [0.717, 1.165) is 5.52 Å². The Morgan fingerprint density at radius 3 is 3.08 bits per heavy atom. The van der Waals surface area contributed by atoms with Crippen molar-refractivity contribution in [1.82, 2.24) is 9.61 Å². The molecule has 13 heavy (non-hydrogen) atoms. The predicted molar refractivity (Wildman–Crippen MR) is 43.8 cm³/mol. The van der Waals surface area contributed by atoms with Crippen molar-refractivity contribution in [2.45, 2.75) is 0 Å². The van der Waals surface area contributed by atoms with Crippen LogP contribution in [0.4, 0.5) is 4.79 Å². The molecule has 2 aromatic heterocycles. The summed E-state index contributed by atoms with van der Waals surface area (Å²) in [6.07, 6.45) is 0.354. The quantitative estimate of drug-likeness (QED) is 0.670. The fourth-order valence-electron chi connectivity index (χ4n) is 1.05. The number of fused-ring (bicyclic) bond motifs is 1. The number of carbonyl (C=O) groups is 1. The standard InChI is InChI=1S/C8H6N2O3/c11-8(12)13-7-5-6-3-1-2-4-10(6)9-7/h1-5H,(H,11,12). The maximum atomic E-state index is 10.2. The Morgan fingerprint density at radius 1 is 1.54 bits per heavy atom. The van der Waals surface area contributed by atoms with Crippen molar-refractivity contribution in [3.8, 4) is 5.88 Å². The molecule has 0 aliphatic heterocycles. The molecule has 0 spiro atoms. The van der Waals surface area contributed by atoms with Crippen LogP contribution in [0.25, 0.3) is 5.52 Å². The number of nitrogens with zero attached hydrogens (tertiary/aromatic N) is 2. The van der Waals surface area contributed by atoms with Gasteiger partial charge >= 0.3 is 6.16 Å². The molecule has 0 saturated carbocycles. The Balaban J connectivity index is 2.44. The van der Waals surface area contributed by atoms with Gasteiger partial charge in [-0.15, -0.1) is 5.10 Å². The molecule has 0 aliphatic rings. The molecule has 0 bridgehead atoms. The van der Waals surface area contributed by atoms with E-state index in [9.17, 15) is 4.79 Å². The van der Waals surface area contributed by atoms with Crippen LogP contribution in [-0.2, 0) is 0 Å². The maximum Gasteiger partial charge on any atom is 0.512 e. The van der Waals surface area contributed by atoms with Crippen molar-refractivity contribution in [3.63, 3.8) is 0 Å². The molecule has 5 nitrogen and oxygen atoms in total. The van der Waals surface area contributed by atoms with Gasteiger partial charge in [-0.3, -0.25) is 0 Å². The van der Waals surface area contributed by atoms with Gasteiger partial charge in [-0.2, -0.15) is 0 Å². The lowest BCUT2D eigenvalue weighted by molar-refractivity contribution is 0.142. The van der Waals surface area contributed by atoms with Crippen LogP contribution < -0.4 is 4.74 Å². The predicted octanol–water partition coefficient (Wildman–Crippen LogP) is 1.39. The molecule has 0 fully saturated rings. The Kier molecular flexibility index (Phi) is 1.63. The molecule has 1 N–H and O–H groups in total. The van der Waals surface area contributed by atoms with Gasteiger partial charge in [-0.25, -0.2) is 9.31 Å². The highest BCUT2D eigenvalue weighted by atomic mass is 16.7. The van der Waals surface area contributed by atoms with Gasteiger partial charge in [0.15, 0.2) is 0 Å². The van der Waals surface area contributed by atoms with Crippen molar-refractivity contribution in [2.24, 2.45) is 0 Å².